The predicted molar refractivity (Wildman–Crippen MR) is 61.8 cm³/mol. The molecule has 80 valence electrons. The fraction of sp³-hybridized carbons (Fsp3) is 0.400. The van der Waals surface area contributed by atoms with E-state index in [1.807, 2.05) is 18.6 Å². The summed E-state index contributed by atoms with van der Waals surface area (Å²) in [5, 5.41) is 2.68. The third-order valence-corrected chi connectivity index (χ3v) is 2.90. The standard InChI is InChI=1S/C10H14N4S/c1-8-5-14(7-12-8)4-2-3-9-6-15-10(11)13-9/h5-7H,2-4H2,1H3,(H2,11,13). The summed E-state index contributed by atoms with van der Waals surface area (Å²) in [5.41, 5.74) is 7.71. The highest BCUT2D eigenvalue weighted by Crippen LogP contribution is 2.12. The molecule has 0 aliphatic carbocycles. The van der Waals surface area contributed by atoms with Crippen molar-refractivity contribution in [1.82, 2.24) is 14.5 Å². The van der Waals surface area contributed by atoms with E-state index >= 15 is 0 Å². The third kappa shape index (κ3) is 2.79. The number of nitrogen functional groups attached to an aromatic ring is 1. The van der Waals surface area contributed by atoms with Gasteiger partial charge < -0.3 is 10.3 Å². The van der Waals surface area contributed by atoms with Crippen molar-refractivity contribution in [2.24, 2.45) is 0 Å². The van der Waals surface area contributed by atoms with Gasteiger partial charge >= 0.3 is 0 Å². The minimum atomic E-state index is 0.656. The van der Waals surface area contributed by atoms with Crippen LogP contribution in [0.4, 0.5) is 5.13 Å². The number of anilines is 1. The second kappa shape index (κ2) is 4.44. The summed E-state index contributed by atoms with van der Waals surface area (Å²) in [5.74, 6) is 0. The Morgan fingerprint density at radius 2 is 2.40 bits per heavy atom. The number of imidazole rings is 1. The first-order valence-electron chi connectivity index (χ1n) is 4.92. The van der Waals surface area contributed by atoms with Crippen molar-refractivity contribution in [3.05, 3.63) is 29.3 Å². The van der Waals surface area contributed by atoms with E-state index in [-0.39, 0.29) is 0 Å². The highest BCUT2D eigenvalue weighted by atomic mass is 32.1. The zero-order valence-corrected chi connectivity index (χ0v) is 9.50. The number of nitrogens with zero attached hydrogens (tertiary/aromatic N) is 3. The molecule has 2 N–H and O–H groups in total. The molecule has 0 aromatic carbocycles. The lowest BCUT2D eigenvalue weighted by atomic mass is 10.2. The maximum atomic E-state index is 5.56. The molecule has 0 aliphatic rings. The van der Waals surface area contributed by atoms with Crippen LogP contribution in [0.15, 0.2) is 17.9 Å². The third-order valence-electron chi connectivity index (χ3n) is 2.18. The molecule has 5 heteroatoms. The van der Waals surface area contributed by atoms with Crippen LogP contribution in [0.5, 0.6) is 0 Å². The van der Waals surface area contributed by atoms with Gasteiger partial charge in [0, 0.05) is 18.1 Å². The van der Waals surface area contributed by atoms with Crippen molar-refractivity contribution in [1.29, 1.82) is 0 Å². The average Bonchev–Trinajstić information content (AvgIpc) is 2.76. The topological polar surface area (TPSA) is 56.7 Å². The van der Waals surface area contributed by atoms with E-state index in [1.165, 1.54) is 11.3 Å². The van der Waals surface area contributed by atoms with Gasteiger partial charge in [0.15, 0.2) is 5.13 Å². The van der Waals surface area contributed by atoms with Gasteiger partial charge in [0.25, 0.3) is 0 Å². The molecule has 4 nitrogen and oxygen atoms in total. The van der Waals surface area contributed by atoms with Gasteiger partial charge in [-0.1, -0.05) is 0 Å². The van der Waals surface area contributed by atoms with Gasteiger partial charge in [-0.05, 0) is 19.8 Å². The molecule has 2 aromatic heterocycles. The maximum Gasteiger partial charge on any atom is 0.180 e. The Balaban J connectivity index is 1.80. The van der Waals surface area contributed by atoms with Gasteiger partial charge in [0.05, 0.1) is 17.7 Å². The minimum Gasteiger partial charge on any atom is -0.375 e. The van der Waals surface area contributed by atoms with Gasteiger partial charge in [0.2, 0.25) is 0 Å². The second-order valence-corrected chi connectivity index (χ2v) is 4.42. The fourth-order valence-electron chi connectivity index (χ4n) is 1.47. The van der Waals surface area contributed by atoms with E-state index in [9.17, 15) is 0 Å². The van der Waals surface area contributed by atoms with Crippen LogP contribution < -0.4 is 5.73 Å². The monoisotopic (exact) mass is 222 g/mol. The number of nitrogens with two attached hydrogens (primary N) is 1. The molecule has 0 fully saturated rings. The first kappa shape index (κ1) is 10.2. The van der Waals surface area contributed by atoms with Crippen LogP contribution in [0.25, 0.3) is 0 Å². The summed E-state index contributed by atoms with van der Waals surface area (Å²) in [7, 11) is 0. The Labute approximate surface area is 92.8 Å². The van der Waals surface area contributed by atoms with E-state index in [0.29, 0.717) is 5.13 Å². The molecule has 0 unspecified atom stereocenters. The number of thiazole rings is 1. The van der Waals surface area contributed by atoms with E-state index in [1.54, 1.807) is 0 Å². The molecule has 0 aliphatic heterocycles. The zero-order chi connectivity index (χ0) is 10.7. The van der Waals surface area contributed by atoms with Crippen LogP contribution in [0.2, 0.25) is 0 Å². The van der Waals surface area contributed by atoms with E-state index in [4.69, 9.17) is 5.73 Å². The maximum absolute atomic E-state index is 5.56. The number of aromatic nitrogens is 3. The van der Waals surface area contributed by atoms with Crippen LogP contribution in [0.3, 0.4) is 0 Å². The molecule has 0 amide bonds. The first-order chi connectivity index (χ1) is 7.24. The van der Waals surface area contributed by atoms with Crippen molar-refractivity contribution >= 4 is 16.5 Å². The number of hydrogen-bond donors (Lipinski definition) is 1. The summed E-state index contributed by atoms with van der Waals surface area (Å²) in [6.07, 6.45) is 5.96. The molecule has 2 aromatic rings. The first-order valence-corrected chi connectivity index (χ1v) is 5.80. The van der Waals surface area contributed by atoms with Crippen LogP contribution in [-0.4, -0.2) is 14.5 Å². The van der Waals surface area contributed by atoms with E-state index in [0.717, 1.165) is 30.8 Å². The molecule has 2 heterocycles. The van der Waals surface area contributed by atoms with Crippen LogP contribution >= 0.6 is 11.3 Å². The minimum absolute atomic E-state index is 0.656. The van der Waals surface area contributed by atoms with Gasteiger partial charge in [0.1, 0.15) is 0 Å². The van der Waals surface area contributed by atoms with Crippen LogP contribution in [-0.2, 0) is 13.0 Å². The van der Waals surface area contributed by atoms with Crippen molar-refractivity contribution in [2.45, 2.75) is 26.3 Å². The van der Waals surface area contributed by atoms with Crippen molar-refractivity contribution in [3.63, 3.8) is 0 Å². The summed E-state index contributed by atoms with van der Waals surface area (Å²) < 4.78 is 2.10. The molecule has 2 rings (SSSR count). The normalized spacial score (nSPS) is 10.7. The molecule has 0 spiro atoms. The Kier molecular flexibility index (Phi) is 3.01. The molecule has 0 atom stereocenters. The smallest absolute Gasteiger partial charge is 0.180 e. The van der Waals surface area contributed by atoms with Crippen LogP contribution in [0.1, 0.15) is 17.8 Å². The Hall–Kier alpha value is -1.36. The van der Waals surface area contributed by atoms with Gasteiger partial charge in [-0.25, -0.2) is 9.97 Å². The highest BCUT2D eigenvalue weighted by molar-refractivity contribution is 7.13. The lowest BCUT2D eigenvalue weighted by molar-refractivity contribution is 0.637. The fourth-order valence-corrected chi connectivity index (χ4v) is 2.07. The van der Waals surface area contributed by atoms with Crippen LogP contribution in [0, 0.1) is 6.92 Å². The lowest BCUT2D eigenvalue weighted by Gasteiger charge is -1.99. The molecular weight excluding hydrogens is 208 g/mol. The quantitative estimate of drug-likeness (QED) is 0.859. The Bertz CT molecular complexity index is 392. The van der Waals surface area contributed by atoms with E-state index < -0.39 is 0 Å². The molecule has 0 saturated carbocycles. The lowest BCUT2D eigenvalue weighted by Crippen LogP contribution is -1.97. The molecule has 15 heavy (non-hydrogen) atoms. The molecule has 0 bridgehead atoms. The number of hydrogen-bond acceptors (Lipinski definition) is 4. The number of aryl methyl sites for hydroxylation is 3. The van der Waals surface area contributed by atoms with Crippen molar-refractivity contribution < 1.29 is 0 Å². The molecule has 0 radical (unpaired) electrons. The summed E-state index contributed by atoms with van der Waals surface area (Å²) in [4.78, 5) is 8.39. The SMILES string of the molecule is Cc1cn(CCCc2csc(N)n2)cn1. The van der Waals surface area contributed by atoms with Crippen molar-refractivity contribution in [3.8, 4) is 0 Å². The van der Waals surface area contributed by atoms with E-state index in [2.05, 4.69) is 20.7 Å². The second-order valence-electron chi connectivity index (χ2n) is 3.53. The zero-order valence-electron chi connectivity index (χ0n) is 8.68. The predicted octanol–water partition coefficient (Wildman–Crippen LogP) is 1.86. The number of rotatable bonds is 4. The van der Waals surface area contributed by atoms with Gasteiger partial charge in [-0.2, -0.15) is 0 Å². The molecular formula is C10H14N4S. The highest BCUT2D eigenvalue weighted by Gasteiger charge is 1.99. The van der Waals surface area contributed by atoms with Gasteiger partial charge in [-0.3, -0.25) is 0 Å². The van der Waals surface area contributed by atoms with Gasteiger partial charge in [-0.15, -0.1) is 11.3 Å². The molecule has 0 saturated heterocycles. The Morgan fingerprint density at radius 3 is 3.00 bits per heavy atom. The average molecular weight is 222 g/mol. The largest absolute Gasteiger partial charge is 0.375 e. The summed E-state index contributed by atoms with van der Waals surface area (Å²) in [6, 6.07) is 0. The van der Waals surface area contributed by atoms with Crippen molar-refractivity contribution in [2.75, 3.05) is 5.73 Å². The Morgan fingerprint density at radius 1 is 1.53 bits per heavy atom. The summed E-state index contributed by atoms with van der Waals surface area (Å²) in [6.45, 7) is 2.98. The summed E-state index contributed by atoms with van der Waals surface area (Å²) >= 11 is 1.50.